The van der Waals surface area contributed by atoms with Crippen LogP contribution >= 0.6 is 0 Å². The standard InChI is InChI=1S/C48H30N6/c1-3-13-33(14-4-1)53-41-21-9-7-17-35(41)37-29-31(23-25-43(37)53)45-47-39(19-11-27-49-47)52-46(48-40(51-45)20-12-28-50-48)32-24-26-44-38(30-32)36-18-8-10-22-42(36)54(44)34-15-5-2-6-16-34/h1-30H. The zero-order valence-electron chi connectivity index (χ0n) is 29.0. The van der Waals surface area contributed by atoms with E-state index in [1.807, 2.05) is 36.7 Å². The van der Waals surface area contributed by atoms with Crippen molar-refractivity contribution in [2.75, 3.05) is 0 Å². The van der Waals surface area contributed by atoms with Crippen LogP contribution in [0.1, 0.15) is 22.5 Å². The Bertz CT molecular complexity index is 2940. The molecule has 1 aliphatic rings. The van der Waals surface area contributed by atoms with Gasteiger partial charge in [0.05, 0.1) is 44.9 Å². The van der Waals surface area contributed by atoms with Crippen LogP contribution in [-0.2, 0) is 0 Å². The maximum absolute atomic E-state index is 5.39. The number of fused-ring (bicyclic) bond motifs is 8. The van der Waals surface area contributed by atoms with Crippen molar-refractivity contribution in [3.63, 3.8) is 0 Å². The third kappa shape index (κ3) is 4.67. The van der Waals surface area contributed by atoms with Gasteiger partial charge in [0.2, 0.25) is 0 Å². The summed E-state index contributed by atoms with van der Waals surface area (Å²) in [5, 5.41) is 4.65. The Labute approximate surface area is 310 Å². The fraction of sp³-hybridized carbons (Fsp3) is 0. The second-order valence-corrected chi connectivity index (χ2v) is 13.5. The summed E-state index contributed by atoms with van der Waals surface area (Å²) >= 11 is 0. The molecule has 6 heteroatoms. The van der Waals surface area contributed by atoms with Gasteiger partial charge in [0.25, 0.3) is 0 Å². The van der Waals surface area contributed by atoms with E-state index in [0.717, 1.165) is 89.5 Å². The highest BCUT2D eigenvalue weighted by atomic mass is 15.0. The minimum absolute atomic E-state index is 0.720. The Morgan fingerprint density at radius 1 is 0.333 bits per heavy atom. The molecule has 0 bridgehead atoms. The van der Waals surface area contributed by atoms with Gasteiger partial charge >= 0.3 is 0 Å². The number of aromatic nitrogens is 4. The molecule has 0 spiro atoms. The van der Waals surface area contributed by atoms with Crippen LogP contribution in [0.25, 0.3) is 55.0 Å². The van der Waals surface area contributed by atoms with Gasteiger partial charge < -0.3 is 9.13 Å². The van der Waals surface area contributed by atoms with Gasteiger partial charge in [-0.15, -0.1) is 0 Å². The average molecular weight is 691 g/mol. The van der Waals surface area contributed by atoms with Gasteiger partial charge in [-0.05, 0) is 84.9 Å². The smallest absolute Gasteiger partial charge is 0.115 e. The summed E-state index contributed by atoms with van der Waals surface area (Å²) in [6.45, 7) is 0. The van der Waals surface area contributed by atoms with Gasteiger partial charge in [-0.2, -0.15) is 0 Å². The van der Waals surface area contributed by atoms with E-state index < -0.39 is 0 Å². The Hall–Kier alpha value is -7.44. The van der Waals surface area contributed by atoms with Crippen LogP contribution in [0.3, 0.4) is 0 Å². The summed E-state index contributed by atoms with van der Waals surface area (Å²) in [6, 6.07) is 59.3. The van der Waals surface area contributed by atoms with Crippen molar-refractivity contribution < 1.29 is 0 Å². The van der Waals surface area contributed by atoms with Crippen LogP contribution in [0.4, 0.5) is 11.4 Å². The number of nitrogens with zero attached hydrogens (tertiary/aromatic N) is 6. The van der Waals surface area contributed by atoms with Crippen LogP contribution in [0.5, 0.6) is 0 Å². The molecule has 0 atom stereocenters. The summed E-state index contributed by atoms with van der Waals surface area (Å²) in [6.07, 6.45) is 3.64. The molecule has 1 aliphatic heterocycles. The molecule has 0 radical (unpaired) electrons. The lowest BCUT2D eigenvalue weighted by Crippen LogP contribution is -2.12. The van der Waals surface area contributed by atoms with Crippen molar-refractivity contribution in [3.8, 4) is 11.4 Å². The molecule has 252 valence electrons. The van der Waals surface area contributed by atoms with E-state index >= 15 is 0 Å². The highest BCUT2D eigenvalue weighted by Crippen LogP contribution is 2.37. The first-order valence-corrected chi connectivity index (χ1v) is 18.1. The molecule has 6 nitrogen and oxygen atoms in total. The predicted molar refractivity (Wildman–Crippen MR) is 221 cm³/mol. The summed E-state index contributed by atoms with van der Waals surface area (Å²) in [4.78, 5) is 20.7. The van der Waals surface area contributed by atoms with Crippen molar-refractivity contribution in [3.05, 3.63) is 205 Å². The van der Waals surface area contributed by atoms with E-state index in [2.05, 4.69) is 155 Å². The van der Waals surface area contributed by atoms with Crippen molar-refractivity contribution in [1.29, 1.82) is 0 Å². The molecule has 5 heterocycles. The molecule has 0 unspecified atom stereocenters. The van der Waals surface area contributed by atoms with Gasteiger partial charge in [0, 0.05) is 56.4 Å². The lowest BCUT2D eigenvalue weighted by atomic mass is 9.99. The molecule has 0 aliphatic carbocycles. The van der Waals surface area contributed by atoms with E-state index in [4.69, 9.17) is 20.0 Å². The topological polar surface area (TPSA) is 60.4 Å². The molecule has 0 fully saturated rings. The normalized spacial score (nSPS) is 12.7. The van der Waals surface area contributed by atoms with Crippen LogP contribution in [-0.4, -0.2) is 30.5 Å². The molecular formula is C48H30N6. The SMILES string of the molecule is c1ccc(-n2c3ccccc3c3cc(C4=Nc5cccnc5C(c5ccc6c(c5)c5ccccc5n6-c5ccccc5)=Nc5cccnc54)ccc32)cc1. The Kier molecular flexibility index (Phi) is 6.75. The van der Waals surface area contributed by atoms with Crippen molar-refractivity contribution >= 4 is 66.4 Å². The fourth-order valence-corrected chi connectivity index (χ4v) is 8.04. The van der Waals surface area contributed by atoms with Crippen LogP contribution < -0.4 is 0 Å². The number of pyridine rings is 2. The lowest BCUT2D eigenvalue weighted by Gasteiger charge is -2.17. The molecule has 0 amide bonds. The molecule has 11 rings (SSSR count). The molecule has 54 heavy (non-hydrogen) atoms. The van der Waals surface area contributed by atoms with E-state index in [1.54, 1.807) is 0 Å². The molecule has 0 N–H and O–H groups in total. The predicted octanol–water partition coefficient (Wildman–Crippen LogP) is 11.3. The first-order valence-electron chi connectivity index (χ1n) is 18.1. The van der Waals surface area contributed by atoms with Crippen molar-refractivity contribution in [2.45, 2.75) is 0 Å². The van der Waals surface area contributed by atoms with Gasteiger partial charge in [-0.3, -0.25) is 9.97 Å². The second-order valence-electron chi connectivity index (χ2n) is 13.5. The number of para-hydroxylation sites is 4. The second kappa shape index (κ2) is 12.1. The number of hydrogen-bond donors (Lipinski definition) is 0. The largest absolute Gasteiger partial charge is 0.309 e. The van der Waals surface area contributed by atoms with Gasteiger partial charge in [-0.1, -0.05) is 84.9 Å². The number of aliphatic imine (C=N–C) groups is 2. The van der Waals surface area contributed by atoms with Gasteiger partial charge in [0.1, 0.15) is 11.4 Å². The van der Waals surface area contributed by atoms with Crippen LogP contribution in [0.2, 0.25) is 0 Å². The molecule has 0 saturated heterocycles. The highest BCUT2D eigenvalue weighted by molar-refractivity contribution is 6.23. The monoisotopic (exact) mass is 690 g/mol. The van der Waals surface area contributed by atoms with Gasteiger partial charge in [0.15, 0.2) is 0 Å². The van der Waals surface area contributed by atoms with E-state index in [0.29, 0.717) is 0 Å². The Balaban J connectivity index is 1.11. The molecule has 0 saturated carbocycles. The molecular weight excluding hydrogens is 661 g/mol. The molecule has 6 aromatic carbocycles. The van der Waals surface area contributed by atoms with E-state index in [9.17, 15) is 0 Å². The quantitative estimate of drug-likeness (QED) is 0.185. The minimum atomic E-state index is 0.720. The average Bonchev–Trinajstić information content (AvgIpc) is 3.74. The summed E-state index contributed by atoms with van der Waals surface area (Å²) in [7, 11) is 0. The van der Waals surface area contributed by atoms with E-state index in [-0.39, 0.29) is 0 Å². The number of benzene rings is 6. The molecule has 10 aromatic rings. The number of rotatable bonds is 4. The zero-order chi connectivity index (χ0) is 35.6. The van der Waals surface area contributed by atoms with E-state index in [1.165, 1.54) is 10.8 Å². The van der Waals surface area contributed by atoms with Crippen molar-refractivity contribution in [2.24, 2.45) is 9.98 Å². The zero-order valence-corrected chi connectivity index (χ0v) is 29.0. The number of hydrogen-bond acceptors (Lipinski definition) is 4. The van der Waals surface area contributed by atoms with Crippen LogP contribution in [0, 0.1) is 0 Å². The summed E-state index contributed by atoms with van der Waals surface area (Å²) in [5.74, 6) is 0. The third-order valence-electron chi connectivity index (χ3n) is 10.4. The first-order chi connectivity index (χ1) is 26.8. The highest BCUT2D eigenvalue weighted by Gasteiger charge is 2.24. The maximum Gasteiger partial charge on any atom is 0.115 e. The first kappa shape index (κ1) is 30.2. The third-order valence-corrected chi connectivity index (χ3v) is 10.4. The Morgan fingerprint density at radius 2 is 0.741 bits per heavy atom. The van der Waals surface area contributed by atoms with Gasteiger partial charge in [-0.25, -0.2) is 9.98 Å². The molecule has 4 aromatic heterocycles. The lowest BCUT2D eigenvalue weighted by molar-refractivity contribution is 1.18. The summed E-state index contributed by atoms with van der Waals surface area (Å²) < 4.78 is 4.65. The summed E-state index contributed by atoms with van der Waals surface area (Å²) in [5.41, 5.74) is 13.2. The van der Waals surface area contributed by atoms with Crippen LogP contribution in [0.15, 0.2) is 192 Å². The maximum atomic E-state index is 5.39. The van der Waals surface area contributed by atoms with Crippen molar-refractivity contribution in [1.82, 2.24) is 19.1 Å². The Morgan fingerprint density at radius 3 is 1.20 bits per heavy atom. The fourth-order valence-electron chi connectivity index (χ4n) is 8.04. The minimum Gasteiger partial charge on any atom is -0.309 e.